The number of sulfonamides is 1. The van der Waals surface area contributed by atoms with Gasteiger partial charge in [-0.25, -0.2) is 13.1 Å². The first kappa shape index (κ1) is 16.4. The van der Waals surface area contributed by atoms with E-state index < -0.39 is 10.0 Å². The molecule has 124 valence electrons. The second-order valence-electron chi connectivity index (χ2n) is 6.56. The molecule has 0 amide bonds. The highest BCUT2D eigenvalue weighted by molar-refractivity contribution is 7.89. The highest BCUT2D eigenvalue weighted by atomic mass is 32.2. The smallest absolute Gasteiger partial charge is 0.241 e. The summed E-state index contributed by atoms with van der Waals surface area (Å²) in [4.78, 5) is 2.72. The molecule has 5 heteroatoms. The van der Waals surface area contributed by atoms with Gasteiger partial charge >= 0.3 is 0 Å². The zero-order valence-corrected chi connectivity index (χ0v) is 14.5. The Bertz CT molecular complexity index is 783. The van der Waals surface area contributed by atoms with Gasteiger partial charge in [-0.2, -0.15) is 0 Å². The van der Waals surface area contributed by atoms with E-state index >= 15 is 0 Å². The molecule has 1 fully saturated rings. The fourth-order valence-electron chi connectivity index (χ4n) is 3.53. The quantitative estimate of drug-likeness (QED) is 0.916. The van der Waals surface area contributed by atoms with Crippen molar-refractivity contribution in [3.63, 3.8) is 0 Å². The summed E-state index contributed by atoms with van der Waals surface area (Å²) in [5, 5.41) is 1.71. The molecule has 0 aliphatic carbocycles. The van der Waals surface area contributed by atoms with Gasteiger partial charge in [0.25, 0.3) is 0 Å². The predicted molar refractivity (Wildman–Crippen MR) is 94.0 cm³/mol. The van der Waals surface area contributed by atoms with Gasteiger partial charge in [0, 0.05) is 31.1 Å². The summed E-state index contributed by atoms with van der Waals surface area (Å²) < 4.78 is 28.0. The summed E-state index contributed by atoms with van der Waals surface area (Å²) >= 11 is 0. The van der Waals surface area contributed by atoms with E-state index in [0.717, 1.165) is 23.9 Å². The van der Waals surface area contributed by atoms with E-state index in [1.807, 2.05) is 30.3 Å². The first-order chi connectivity index (χ1) is 11.0. The molecule has 23 heavy (non-hydrogen) atoms. The van der Waals surface area contributed by atoms with Gasteiger partial charge in [0.1, 0.15) is 0 Å². The Morgan fingerprint density at radius 3 is 2.61 bits per heavy atom. The molecule has 0 saturated carbocycles. The lowest BCUT2D eigenvalue weighted by Crippen LogP contribution is -2.36. The van der Waals surface area contributed by atoms with Crippen LogP contribution in [0.25, 0.3) is 10.8 Å². The van der Waals surface area contributed by atoms with Crippen molar-refractivity contribution in [2.45, 2.75) is 31.2 Å². The summed E-state index contributed by atoms with van der Waals surface area (Å²) in [6, 6.07) is 13.5. The largest absolute Gasteiger partial charge is 0.299 e. The van der Waals surface area contributed by atoms with Crippen LogP contribution in [0.15, 0.2) is 47.4 Å². The van der Waals surface area contributed by atoms with Gasteiger partial charge in [0.05, 0.1) is 4.90 Å². The molecule has 1 aliphatic rings. The number of nitrogens with one attached hydrogen (secondary N) is 1. The number of likely N-dealkylation sites (tertiary alicyclic amines) is 1. The first-order valence-corrected chi connectivity index (χ1v) is 9.67. The van der Waals surface area contributed by atoms with Crippen LogP contribution >= 0.6 is 0 Å². The molecule has 1 saturated heterocycles. The number of nitrogens with zero attached hydrogens (tertiary/aromatic N) is 1. The molecule has 2 aromatic carbocycles. The lowest BCUT2D eigenvalue weighted by atomic mass is 10.1. The van der Waals surface area contributed by atoms with E-state index in [2.05, 4.69) is 23.5 Å². The average molecular weight is 332 g/mol. The van der Waals surface area contributed by atoms with E-state index in [4.69, 9.17) is 0 Å². The predicted octanol–water partition coefficient (Wildman–Crippen LogP) is 2.85. The third-order valence-electron chi connectivity index (χ3n) is 4.64. The fourth-order valence-corrected chi connectivity index (χ4v) is 4.78. The maximum atomic E-state index is 12.6. The normalized spacial score (nSPS) is 22.7. The SMILES string of the molecule is CC1CC(C)N(CCNS(=O)(=O)c2cccc3ccccc23)C1. The molecule has 1 heterocycles. The Labute approximate surface area is 138 Å². The van der Waals surface area contributed by atoms with E-state index in [0.29, 0.717) is 23.4 Å². The van der Waals surface area contributed by atoms with E-state index in [9.17, 15) is 8.42 Å². The summed E-state index contributed by atoms with van der Waals surface area (Å²) in [5.74, 6) is 0.694. The van der Waals surface area contributed by atoms with Crippen LogP contribution in [0.3, 0.4) is 0 Å². The second-order valence-corrected chi connectivity index (χ2v) is 8.30. The molecule has 2 unspecified atom stereocenters. The van der Waals surface area contributed by atoms with Gasteiger partial charge in [-0.3, -0.25) is 4.90 Å². The van der Waals surface area contributed by atoms with Crippen LogP contribution in [0.1, 0.15) is 20.3 Å². The maximum Gasteiger partial charge on any atom is 0.241 e. The molecule has 4 nitrogen and oxygen atoms in total. The van der Waals surface area contributed by atoms with Crippen LogP contribution in [-0.4, -0.2) is 39.0 Å². The van der Waals surface area contributed by atoms with Crippen LogP contribution in [-0.2, 0) is 10.0 Å². The number of hydrogen-bond acceptors (Lipinski definition) is 3. The van der Waals surface area contributed by atoms with E-state index in [-0.39, 0.29) is 0 Å². The van der Waals surface area contributed by atoms with Crippen LogP contribution in [0.2, 0.25) is 0 Å². The van der Waals surface area contributed by atoms with Crippen molar-refractivity contribution in [1.29, 1.82) is 0 Å². The molecule has 3 rings (SSSR count). The monoisotopic (exact) mass is 332 g/mol. The lowest BCUT2D eigenvalue weighted by molar-refractivity contribution is 0.270. The Kier molecular flexibility index (Phi) is 4.71. The molecule has 2 aromatic rings. The summed E-state index contributed by atoms with van der Waals surface area (Å²) in [6.45, 7) is 6.72. The molecule has 0 aromatic heterocycles. The van der Waals surface area contributed by atoms with E-state index in [1.54, 1.807) is 12.1 Å². The number of hydrogen-bond donors (Lipinski definition) is 1. The Morgan fingerprint density at radius 1 is 1.13 bits per heavy atom. The minimum absolute atomic E-state index is 0.360. The zero-order valence-electron chi connectivity index (χ0n) is 13.7. The third-order valence-corrected chi connectivity index (χ3v) is 6.16. The Morgan fingerprint density at radius 2 is 1.87 bits per heavy atom. The highest BCUT2D eigenvalue weighted by Crippen LogP contribution is 2.23. The van der Waals surface area contributed by atoms with Crippen LogP contribution < -0.4 is 4.72 Å². The van der Waals surface area contributed by atoms with Crippen LogP contribution in [0, 0.1) is 5.92 Å². The van der Waals surface area contributed by atoms with Crippen LogP contribution in [0.4, 0.5) is 0 Å². The standard InChI is InChI=1S/C18H24N2O2S/c1-14-12-15(2)20(13-14)11-10-19-23(21,22)18-9-5-7-16-6-3-4-8-17(16)18/h3-9,14-15,19H,10-13H2,1-2H3. The number of fused-ring (bicyclic) bond motifs is 1. The van der Waals surface area contributed by atoms with Gasteiger partial charge < -0.3 is 0 Å². The van der Waals surface area contributed by atoms with Gasteiger partial charge in [-0.05, 0) is 30.7 Å². The lowest BCUT2D eigenvalue weighted by Gasteiger charge is -2.21. The molecule has 2 atom stereocenters. The van der Waals surface area contributed by atoms with Gasteiger partial charge in [-0.15, -0.1) is 0 Å². The number of rotatable bonds is 5. The maximum absolute atomic E-state index is 12.6. The third kappa shape index (κ3) is 3.57. The molecule has 0 radical (unpaired) electrons. The van der Waals surface area contributed by atoms with Crippen molar-refractivity contribution < 1.29 is 8.42 Å². The van der Waals surface area contributed by atoms with E-state index in [1.165, 1.54) is 6.42 Å². The minimum atomic E-state index is -3.49. The number of benzene rings is 2. The van der Waals surface area contributed by atoms with Gasteiger partial charge in [-0.1, -0.05) is 43.3 Å². The molecule has 0 spiro atoms. The Hall–Kier alpha value is -1.43. The average Bonchev–Trinajstić information content (AvgIpc) is 2.84. The fraction of sp³-hybridized carbons (Fsp3) is 0.444. The van der Waals surface area contributed by atoms with Crippen molar-refractivity contribution in [3.05, 3.63) is 42.5 Å². The Balaban J connectivity index is 1.71. The summed E-state index contributed by atoms with van der Waals surface area (Å²) in [6.07, 6.45) is 1.19. The van der Waals surface area contributed by atoms with Crippen molar-refractivity contribution >= 4 is 20.8 Å². The zero-order chi connectivity index (χ0) is 16.4. The van der Waals surface area contributed by atoms with Crippen molar-refractivity contribution in [1.82, 2.24) is 9.62 Å². The van der Waals surface area contributed by atoms with Crippen LogP contribution in [0.5, 0.6) is 0 Å². The van der Waals surface area contributed by atoms with Crippen molar-refractivity contribution in [2.24, 2.45) is 5.92 Å². The summed E-state index contributed by atoms with van der Waals surface area (Å²) in [7, 11) is -3.49. The molecule has 1 aliphatic heterocycles. The topological polar surface area (TPSA) is 49.4 Å². The second kappa shape index (κ2) is 6.59. The minimum Gasteiger partial charge on any atom is -0.299 e. The molecule has 0 bridgehead atoms. The van der Waals surface area contributed by atoms with Crippen molar-refractivity contribution in [2.75, 3.05) is 19.6 Å². The van der Waals surface area contributed by atoms with Gasteiger partial charge in [0.2, 0.25) is 10.0 Å². The molecule has 1 N–H and O–H groups in total. The molecular formula is C18H24N2O2S. The van der Waals surface area contributed by atoms with Gasteiger partial charge in [0.15, 0.2) is 0 Å². The first-order valence-electron chi connectivity index (χ1n) is 8.19. The molecular weight excluding hydrogens is 308 g/mol. The van der Waals surface area contributed by atoms with Crippen molar-refractivity contribution in [3.8, 4) is 0 Å². The summed E-state index contributed by atoms with van der Waals surface area (Å²) in [5.41, 5.74) is 0. The highest BCUT2D eigenvalue weighted by Gasteiger charge is 2.26.